The zero-order chi connectivity index (χ0) is 19.2. The van der Waals surface area contributed by atoms with Crippen LogP contribution in [-0.4, -0.2) is 46.0 Å². The average molecular weight is 391 g/mol. The third kappa shape index (κ3) is 5.15. The molecule has 2 aromatic rings. The van der Waals surface area contributed by atoms with Gasteiger partial charge in [-0.05, 0) is 57.4 Å². The molecule has 1 aliphatic heterocycles. The van der Waals surface area contributed by atoms with E-state index in [0.717, 1.165) is 18.6 Å². The molecule has 0 bridgehead atoms. The highest BCUT2D eigenvalue weighted by Gasteiger charge is 2.29. The number of carbonyl (C=O) groups is 1. The van der Waals surface area contributed by atoms with Crippen LogP contribution in [0, 0.1) is 0 Å². The summed E-state index contributed by atoms with van der Waals surface area (Å²) in [6, 6.07) is 7.84. The van der Waals surface area contributed by atoms with E-state index in [-0.39, 0.29) is 24.6 Å². The van der Waals surface area contributed by atoms with Crippen molar-refractivity contribution in [3.8, 4) is 11.5 Å². The molecule has 1 aliphatic rings. The maximum Gasteiger partial charge on any atom is 0.277 e. The van der Waals surface area contributed by atoms with Crippen molar-refractivity contribution in [2.24, 2.45) is 0 Å². The number of hydrogen-bond acceptors (Lipinski definition) is 7. The summed E-state index contributed by atoms with van der Waals surface area (Å²) in [4.78, 5) is 14.5. The molecule has 1 amide bonds. The van der Waals surface area contributed by atoms with Crippen LogP contribution in [0.15, 0.2) is 33.9 Å². The Morgan fingerprint density at radius 3 is 2.52 bits per heavy atom. The maximum absolute atomic E-state index is 12.5. The molecule has 1 saturated heterocycles. The van der Waals surface area contributed by atoms with E-state index in [1.54, 1.807) is 7.11 Å². The molecule has 0 unspecified atom stereocenters. The number of amides is 1. The van der Waals surface area contributed by atoms with Crippen LogP contribution < -0.4 is 9.47 Å². The van der Waals surface area contributed by atoms with Crippen molar-refractivity contribution in [1.29, 1.82) is 0 Å². The van der Waals surface area contributed by atoms with Gasteiger partial charge in [-0.3, -0.25) is 4.79 Å². The van der Waals surface area contributed by atoms with Gasteiger partial charge in [-0.1, -0.05) is 11.8 Å². The average Bonchev–Trinajstić information content (AvgIpc) is 3.13. The second kappa shape index (κ2) is 9.12. The van der Waals surface area contributed by atoms with Crippen LogP contribution >= 0.6 is 11.8 Å². The molecule has 1 aromatic carbocycles. The van der Waals surface area contributed by atoms with Gasteiger partial charge in [0, 0.05) is 12.1 Å². The standard InChI is InChI=1S/C19H25N3O4S/c1-13-5-4-6-14(2)22(13)18(23)12-27-19-21-20-17(26-19)11-25-16-9-7-15(24-3)8-10-16/h7-10,13-14H,4-6,11-12H2,1-3H3/t13-,14+. The van der Waals surface area contributed by atoms with Gasteiger partial charge in [0.1, 0.15) is 11.5 Å². The quantitative estimate of drug-likeness (QED) is 0.668. The minimum atomic E-state index is 0.119. The largest absolute Gasteiger partial charge is 0.497 e. The molecule has 0 N–H and O–H groups in total. The number of benzene rings is 1. The number of thioether (sulfide) groups is 1. The molecule has 7 nitrogen and oxygen atoms in total. The van der Waals surface area contributed by atoms with Gasteiger partial charge in [0.25, 0.3) is 11.1 Å². The number of methoxy groups -OCH3 is 1. The molecule has 0 spiro atoms. The predicted octanol–water partition coefficient (Wildman–Crippen LogP) is 3.54. The van der Waals surface area contributed by atoms with Crippen molar-refractivity contribution in [2.75, 3.05) is 12.9 Å². The first kappa shape index (κ1) is 19.5. The minimum Gasteiger partial charge on any atom is -0.497 e. The third-order valence-corrected chi connectivity index (χ3v) is 5.47. The van der Waals surface area contributed by atoms with Crippen LogP contribution in [0.5, 0.6) is 11.5 Å². The first-order valence-corrected chi connectivity index (χ1v) is 10.1. The second-order valence-corrected chi connectivity index (χ2v) is 7.57. The van der Waals surface area contributed by atoms with Gasteiger partial charge in [-0.25, -0.2) is 0 Å². The van der Waals surface area contributed by atoms with Crippen LogP contribution in [0.2, 0.25) is 0 Å². The SMILES string of the molecule is COc1ccc(OCc2nnc(SCC(=O)N3[C@H](C)CCC[C@@H]3C)o2)cc1. The smallest absolute Gasteiger partial charge is 0.277 e. The molecule has 0 aliphatic carbocycles. The Bertz CT molecular complexity index is 740. The minimum absolute atomic E-state index is 0.119. The zero-order valence-corrected chi connectivity index (χ0v) is 16.7. The van der Waals surface area contributed by atoms with Crippen LogP contribution in [-0.2, 0) is 11.4 Å². The lowest BCUT2D eigenvalue weighted by Crippen LogP contribution is -2.48. The van der Waals surface area contributed by atoms with Crippen molar-refractivity contribution >= 4 is 17.7 Å². The molecule has 1 aromatic heterocycles. The molecule has 146 valence electrons. The van der Waals surface area contributed by atoms with Crippen LogP contribution in [0.3, 0.4) is 0 Å². The van der Waals surface area contributed by atoms with Crippen molar-refractivity contribution in [2.45, 2.75) is 57.0 Å². The first-order valence-electron chi connectivity index (χ1n) is 9.10. The Morgan fingerprint density at radius 1 is 1.19 bits per heavy atom. The van der Waals surface area contributed by atoms with Crippen molar-refractivity contribution < 1.29 is 18.7 Å². The molecule has 2 heterocycles. The van der Waals surface area contributed by atoms with E-state index in [9.17, 15) is 4.79 Å². The van der Waals surface area contributed by atoms with Gasteiger partial charge in [-0.15, -0.1) is 10.2 Å². The third-order valence-electron chi connectivity index (χ3n) is 4.67. The highest BCUT2D eigenvalue weighted by Crippen LogP contribution is 2.25. The zero-order valence-electron chi connectivity index (χ0n) is 15.9. The van der Waals surface area contributed by atoms with Gasteiger partial charge >= 0.3 is 0 Å². The molecule has 27 heavy (non-hydrogen) atoms. The van der Waals surface area contributed by atoms with E-state index in [4.69, 9.17) is 13.9 Å². The van der Waals surface area contributed by atoms with Gasteiger partial charge in [0.2, 0.25) is 5.91 Å². The Morgan fingerprint density at radius 2 is 1.85 bits per heavy atom. The fourth-order valence-electron chi connectivity index (χ4n) is 3.28. The lowest BCUT2D eigenvalue weighted by molar-refractivity contribution is -0.134. The summed E-state index contributed by atoms with van der Waals surface area (Å²) in [5.41, 5.74) is 0. The van der Waals surface area contributed by atoms with E-state index >= 15 is 0 Å². The Labute approximate surface area is 163 Å². The number of likely N-dealkylation sites (tertiary alicyclic amines) is 1. The molecule has 3 rings (SSSR count). The van der Waals surface area contributed by atoms with E-state index in [0.29, 0.717) is 22.6 Å². The van der Waals surface area contributed by atoms with Crippen LogP contribution in [0.1, 0.15) is 39.0 Å². The topological polar surface area (TPSA) is 77.7 Å². The maximum atomic E-state index is 12.5. The van der Waals surface area contributed by atoms with Gasteiger partial charge in [0.05, 0.1) is 12.9 Å². The highest BCUT2D eigenvalue weighted by atomic mass is 32.2. The lowest BCUT2D eigenvalue weighted by atomic mass is 9.98. The molecular weight excluding hydrogens is 366 g/mol. The summed E-state index contributed by atoms with van der Waals surface area (Å²) in [6.07, 6.45) is 3.31. The monoisotopic (exact) mass is 391 g/mol. The van der Waals surface area contributed by atoms with Gasteiger partial charge in [-0.2, -0.15) is 0 Å². The molecule has 1 fully saturated rings. The number of aromatic nitrogens is 2. The van der Waals surface area contributed by atoms with E-state index in [1.807, 2.05) is 29.2 Å². The molecule has 8 heteroatoms. The Hall–Kier alpha value is -2.22. The Balaban J connectivity index is 1.48. The fraction of sp³-hybridized carbons (Fsp3) is 0.526. The summed E-state index contributed by atoms with van der Waals surface area (Å²) >= 11 is 1.27. The second-order valence-electron chi connectivity index (χ2n) is 6.64. The molecule has 0 saturated carbocycles. The fourth-order valence-corrected chi connectivity index (χ4v) is 3.93. The molecule has 2 atom stereocenters. The van der Waals surface area contributed by atoms with E-state index < -0.39 is 0 Å². The van der Waals surface area contributed by atoms with Crippen LogP contribution in [0.25, 0.3) is 0 Å². The first-order chi connectivity index (χ1) is 13.1. The lowest BCUT2D eigenvalue weighted by Gasteiger charge is -2.39. The number of rotatable bonds is 7. The van der Waals surface area contributed by atoms with Crippen molar-refractivity contribution in [3.05, 3.63) is 30.2 Å². The number of hydrogen-bond donors (Lipinski definition) is 0. The Kier molecular flexibility index (Phi) is 6.60. The number of piperidine rings is 1. The summed E-state index contributed by atoms with van der Waals surface area (Å²) in [5.74, 6) is 2.25. The normalized spacial score (nSPS) is 19.7. The summed E-state index contributed by atoms with van der Waals surface area (Å²) in [6.45, 7) is 4.40. The van der Waals surface area contributed by atoms with Gasteiger partial charge < -0.3 is 18.8 Å². The van der Waals surface area contributed by atoms with Crippen LogP contribution in [0.4, 0.5) is 0 Å². The van der Waals surface area contributed by atoms with E-state index in [1.165, 1.54) is 18.2 Å². The predicted molar refractivity (Wildman–Crippen MR) is 102 cm³/mol. The number of ether oxygens (including phenoxy) is 2. The molecular formula is C19H25N3O4S. The van der Waals surface area contributed by atoms with Gasteiger partial charge in [0.15, 0.2) is 6.61 Å². The van der Waals surface area contributed by atoms with Crippen molar-refractivity contribution in [1.82, 2.24) is 15.1 Å². The number of nitrogens with zero attached hydrogens (tertiary/aromatic N) is 3. The summed E-state index contributed by atoms with van der Waals surface area (Å²) in [5, 5.41) is 8.34. The van der Waals surface area contributed by atoms with Crippen molar-refractivity contribution in [3.63, 3.8) is 0 Å². The number of carbonyl (C=O) groups excluding carboxylic acids is 1. The summed E-state index contributed by atoms with van der Waals surface area (Å²) < 4.78 is 16.3. The molecule has 0 radical (unpaired) electrons. The summed E-state index contributed by atoms with van der Waals surface area (Å²) in [7, 11) is 1.62. The highest BCUT2D eigenvalue weighted by molar-refractivity contribution is 7.99. The van der Waals surface area contributed by atoms with E-state index in [2.05, 4.69) is 24.0 Å².